The Balaban J connectivity index is 1.39. The Labute approximate surface area is 265 Å². The molecule has 2 aromatic carbocycles. The number of pyridine rings is 2. The number of ketones is 1. The molecule has 3 aromatic heterocycles. The van der Waals surface area contributed by atoms with Crippen LogP contribution in [0.2, 0.25) is 0 Å². The monoisotopic (exact) mass is 614 g/mol. The minimum atomic E-state index is 0.0623. The highest BCUT2D eigenvalue weighted by Crippen LogP contribution is 2.48. The Bertz CT molecular complexity index is 1900. The zero-order valence-electron chi connectivity index (χ0n) is 24.7. The van der Waals surface area contributed by atoms with Gasteiger partial charge >= 0.3 is 0 Å². The number of nitrogens with zero attached hydrogens (tertiary/aromatic N) is 5. The zero-order valence-corrected chi connectivity index (χ0v) is 26.3. The lowest BCUT2D eigenvalue weighted by atomic mass is 9.84. The first-order chi connectivity index (χ1) is 21.6. The van der Waals surface area contributed by atoms with Gasteiger partial charge in [0, 0.05) is 41.5 Å². The first-order valence-corrected chi connectivity index (χ1v) is 16.5. The summed E-state index contributed by atoms with van der Waals surface area (Å²) >= 11 is 3.44. The molecule has 1 aliphatic heterocycles. The summed E-state index contributed by atoms with van der Waals surface area (Å²) in [6.07, 6.45) is 7.82. The van der Waals surface area contributed by atoms with Gasteiger partial charge in [-0.05, 0) is 62.4 Å². The smallest absolute Gasteiger partial charge is 0.263 e. The number of thioether (sulfide) groups is 1. The molecule has 0 radical (unpaired) electrons. The predicted molar refractivity (Wildman–Crippen MR) is 179 cm³/mol. The fourth-order valence-electron chi connectivity index (χ4n) is 5.86. The van der Waals surface area contributed by atoms with E-state index in [4.69, 9.17) is 0 Å². The zero-order chi connectivity index (χ0) is 30.0. The van der Waals surface area contributed by atoms with Gasteiger partial charge in [0.05, 0.1) is 46.5 Å². The Morgan fingerprint density at radius 2 is 1.52 bits per heavy atom. The van der Waals surface area contributed by atoms with Crippen LogP contribution in [0.5, 0.6) is 0 Å². The van der Waals surface area contributed by atoms with E-state index in [9.17, 15) is 4.79 Å². The van der Waals surface area contributed by atoms with Crippen LogP contribution in [0, 0.1) is 0 Å². The van der Waals surface area contributed by atoms with E-state index in [2.05, 4.69) is 98.9 Å². The summed E-state index contributed by atoms with van der Waals surface area (Å²) in [5.41, 5.74) is 6.62. The highest BCUT2D eigenvalue weighted by molar-refractivity contribution is 8.03. The maximum absolute atomic E-state index is 14.2. The molecule has 0 saturated heterocycles. The van der Waals surface area contributed by atoms with Gasteiger partial charge in [-0.15, -0.1) is 0 Å². The summed E-state index contributed by atoms with van der Waals surface area (Å²) in [7, 11) is 0. The van der Waals surface area contributed by atoms with Crippen molar-refractivity contribution in [2.75, 3.05) is 11.4 Å². The molecule has 0 atom stereocenters. The van der Waals surface area contributed by atoms with Crippen molar-refractivity contribution < 1.29 is 9.36 Å². The third kappa shape index (κ3) is 5.25. The summed E-state index contributed by atoms with van der Waals surface area (Å²) in [5.74, 6) is 0.0623. The summed E-state index contributed by atoms with van der Waals surface area (Å²) in [4.78, 5) is 29.2. The number of hydrogen-bond donors (Lipinski definition) is 0. The maximum atomic E-state index is 14.2. The van der Waals surface area contributed by atoms with Gasteiger partial charge in [0.15, 0.2) is 5.78 Å². The van der Waals surface area contributed by atoms with Gasteiger partial charge < -0.3 is 9.80 Å². The number of para-hydroxylation sites is 2. The van der Waals surface area contributed by atoms with E-state index in [0.29, 0.717) is 13.1 Å². The van der Waals surface area contributed by atoms with E-state index in [1.165, 1.54) is 20.8 Å². The molecule has 7 rings (SSSR count). The van der Waals surface area contributed by atoms with Crippen LogP contribution in [0.3, 0.4) is 0 Å². The van der Waals surface area contributed by atoms with Gasteiger partial charge in [-0.25, -0.2) is 0 Å². The fraction of sp³-hybridized carbons (Fsp3) is 0.167. The molecule has 0 saturated carbocycles. The number of carbonyl (C=O) groups is 1. The SMILES string of the molecule is CCN1/C(=C\C2=C(N(Cc3ccccn3)Cc3ccccn3)C(=C/c3sc4ccccc4[n+]3CC)/C2=O)Sc2ccccc21. The van der Waals surface area contributed by atoms with Gasteiger partial charge in [-0.1, -0.05) is 59.5 Å². The van der Waals surface area contributed by atoms with Gasteiger partial charge in [-0.2, -0.15) is 4.57 Å². The maximum Gasteiger partial charge on any atom is 0.263 e. The van der Waals surface area contributed by atoms with Crippen LogP contribution in [0.15, 0.2) is 130 Å². The van der Waals surface area contributed by atoms with E-state index in [1.807, 2.05) is 48.8 Å². The van der Waals surface area contributed by atoms with Crippen molar-refractivity contribution in [2.24, 2.45) is 0 Å². The number of Topliss-reactive ketones (excluding diaryl/α,β-unsaturated/α-hetero) is 1. The Kier molecular flexibility index (Phi) is 7.85. The van der Waals surface area contributed by atoms with Crippen LogP contribution < -0.4 is 9.47 Å². The van der Waals surface area contributed by atoms with E-state index in [-0.39, 0.29) is 5.78 Å². The van der Waals surface area contributed by atoms with Crippen LogP contribution in [-0.4, -0.2) is 27.2 Å². The van der Waals surface area contributed by atoms with Crippen molar-refractivity contribution in [1.82, 2.24) is 14.9 Å². The van der Waals surface area contributed by atoms with Gasteiger partial charge in [0.1, 0.15) is 11.2 Å². The van der Waals surface area contributed by atoms with Crippen molar-refractivity contribution in [1.29, 1.82) is 0 Å². The summed E-state index contributed by atoms with van der Waals surface area (Å²) in [5, 5.41) is 2.13. The van der Waals surface area contributed by atoms with Crippen molar-refractivity contribution in [3.63, 3.8) is 0 Å². The molecule has 8 heteroatoms. The highest BCUT2D eigenvalue weighted by atomic mass is 32.2. The van der Waals surface area contributed by atoms with Gasteiger partial charge in [0.25, 0.3) is 5.01 Å². The molecule has 218 valence electrons. The number of aryl methyl sites for hydroxylation is 1. The Hall–Kier alpha value is -4.53. The normalized spacial score (nSPS) is 16.2. The number of anilines is 1. The summed E-state index contributed by atoms with van der Waals surface area (Å²) < 4.78 is 3.50. The molecule has 0 bridgehead atoms. The highest BCUT2D eigenvalue weighted by Gasteiger charge is 2.39. The molecule has 0 amide bonds. The molecular weight excluding hydrogens is 583 g/mol. The molecule has 4 heterocycles. The van der Waals surface area contributed by atoms with Crippen LogP contribution in [0.4, 0.5) is 5.69 Å². The van der Waals surface area contributed by atoms with Crippen LogP contribution in [0.25, 0.3) is 16.3 Å². The molecule has 0 unspecified atom stereocenters. The summed E-state index contributed by atoms with van der Waals surface area (Å²) in [6.45, 7) is 7.04. The van der Waals surface area contributed by atoms with Crippen molar-refractivity contribution in [3.05, 3.63) is 142 Å². The molecule has 0 N–H and O–H groups in total. The number of carbonyl (C=O) groups excluding carboxylic acids is 1. The third-order valence-electron chi connectivity index (χ3n) is 7.92. The first-order valence-electron chi connectivity index (χ1n) is 14.9. The van der Waals surface area contributed by atoms with Crippen molar-refractivity contribution in [2.45, 2.75) is 38.4 Å². The minimum absolute atomic E-state index is 0.0623. The molecular formula is C36H32N5OS2+. The quantitative estimate of drug-likeness (QED) is 0.127. The average molecular weight is 615 g/mol. The lowest BCUT2D eigenvalue weighted by molar-refractivity contribution is -0.665. The Morgan fingerprint density at radius 3 is 2.20 bits per heavy atom. The number of fused-ring (bicyclic) bond motifs is 2. The third-order valence-corrected chi connectivity index (χ3v) is 10.1. The average Bonchev–Trinajstić information content (AvgIpc) is 3.61. The molecule has 6 nitrogen and oxygen atoms in total. The number of thiazole rings is 1. The molecule has 2 aliphatic rings. The van der Waals surface area contributed by atoms with E-state index in [0.717, 1.165) is 51.4 Å². The fourth-order valence-corrected chi connectivity index (χ4v) is 8.20. The predicted octanol–water partition coefficient (Wildman–Crippen LogP) is 7.39. The minimum Gasteiger partial charge on any atom is -0.359 e. The number of hydrogen-bond acceptors (Lipinski definition) is 7. The van der Waals surface area contributed by atoms with Crippen molar-refractivity contribution >= 4 is 50.9 Å². The van der Waals surface area contributed by atoms with E-state index in [1.54, 1.807) is 23.1 Å². The standard InChI is InChI=1S/C36H32N5OS2/c1-3-40-29-15-5-7-17-31(29)43-33(40)21-27-35(39(23-25-13-9-11-19-37-25)24-26-14-10-12-20-38-26)28(36(27)42)22-34-41(4-2)30-16-6-8-18-32(30)44-34/h5-22H,3-4,23-24H2,1-2H3/q+1. The molecule has 5 aromatic rings. The lowest BCUT2D eigenvalue weighted by Crippen LogP contribution is -2.37. The van der Waals surface area contributed by atoms with Gasteiger partial charge in [-0.3, -0.25) is 14.8 Å². The number of allylic oxidation sites excluding steroid dienone is 3. The molecule has 1 aliphatic carbocycles. The topological polar surface area (TPSA) is 53.2 Å². The molecule has 44 heavy (non-hydrogen) atoms. The second-order valence-electron chi connectivity index (χ2n) is 10.6. The first kappa shape index (κ1) is 28.3. The lowest BCUT2D eigenvalue weighted by Gasteiger charge is -2.35. The molecule has 0 fully saturated rings. The van der Waals surface area contributed by atoms with Crippen LogP contribution in [0.1, 0.15) is 30.2 Å². The second-order valence-corrected chi connectivity index (χ2v) is 12.7. The van der Waals surface area contributed by atoms with Crippen LogP contribution in [-0.2, 0) is 24.4 Å². The number of rotatable bonds is 9. The van der Waals surface area contributed by atoms with E-state index >= 15 is 0 Å². The summed E-state index contributed by atoms with van der Waals surface area (Å²) in [6, 6.07) is 28.8. The number of aromatic nitrogens is 3. The van der Waals surface area contributed by atoms with Gasteiger partial charge in [0.2, 0.25) is 5.52 Å². The largest absolute Gasteiger partial charge is 0.359 e. The van der Waals surface area contributed by atoms with Crippen LogP contribution >= 0.6 is 23.1 Å². The van der Waals surface area contributed by atoms with Crippen molar-refractivity contribution in [3.8, 4) is 0 Å². The number of benzene rings is 2. The molecule has 0 spiro atoms. The Morgan fingerprint density at radius 1 is 0.841 bits per heavy atom. The second kappa shape index (κ2) is 12.2. The van der Waals surface area contributed by atoms with E-state index < -0.39 is 0 Å².